The average Bonchev–Trinajstić information content (AvgIpc) is 2.52. The van der Waals surface area contributed by atoms with Gasteiger partial charge in [-0.1, -0.05) is 30.3 Å². The van der Waals surface area contributed by atoms with Crippen LogP contribution >= 0.6 is 15.9 Å². The van der Waals surface area contributed by atoms with Crippen LogP contribution in [-0.4, -0.2) is 36.3 Å². The van der Waals surface area contributed by atoms with Crippen molar-refractivity contribution in [2.24, 2.45) is 0 Å². The lowest BCUT2D eigenvalue weighted by atomic mass is 10.1. The summed E-state index contributed by atoms with van der Waals surface area (Å²) in [6, 6.07) is 10.2. The van der Waals surface area contributed by atoms with Crippen molar-refractivity contribution in [3.63, 3.8) is 0 Å². The standard InChI is InChI=1S/C15H17BrN4O/c16-13-14(17)18-12(10-11-4-2-1-3-5-11)19-15(13)20-6-8-21-9-7-20/h1-5H,6-10H2,(H2,17,18,19). The van der Waals surface area contributed by atoms with Gasteiger partial charge in [0.25, 0.3) is 0 Å². The van der Waals surface area contributed by atoms with Crippen molar-refractivity contribution in [2.75, 3.05) is 36.9 Å². The van der Waals surface area contributed by atoms with Crippen molar-refractivity contribution < 1.29 is 4.74 Å². The van der Waals surface area contributed by atoms with Gasteiger partial charge in [0, 0.05) is 19.5 Å². The molecule has 2 heterocycles. The van der Waals surface area contributed by atoms with Gasteiger partial charge in [0.15, 0.2) is 0 Å². The van der Waals surface area contributed by atoms with Crippen LogP contribution in [0.4, 0.5) is 11.6 Å². The fourth-order valence-corrected chi connectivity index (χ4v) is 2.77. The number of nitrogens with zero attached hydrogens (tertiary/aromatic N) is 3. The molecular formula is C15H17BrN4O. The number of anilines is 2. The molecule has 0 amide bonds. The Labute approximate surface area is 132 Å². The molecule has 110 valence electrons. The van der Waals surface area contributed by atoms with E-state index < -0.39 is 0 Å². The van der Waals surface area contributed by atoms with E-state index in [-0.39, 0.29) is 0 Å². The zero-order chi connectivity index (χ0) is 14.7. The summed E-state index contributed by atoms with van der Waals surface area (Å²) in [7, 11) is 0. The number of benzene rings is 1. The lowest BCUT2D eigenvalue weighted by Crippen LogP contribution is -2.37. The van der Waals surface area contributed by atoms with Gasteiger partial charge in [-0.25, -0.2) is 9.97 Å². The van der Waals surface area contributed by atoms with E-state index in [2.05, 4.69) is 42.9 Å². The van der Waals surface area contributed by atoms with Crippen molar-refractivity contribution >= 4 is 27.6 Å². The normalized spacial score (nSPS) is 15.2. The van der Waals surface area contributed by atoms with Gasteiger partial charge in [0.05, 0.1) is 13.2 Å². The minimum Gasteiger partial charge on any atom is -0.383 e. The molecule has 1 fully saturated rings. The Bertz CT molecular complexity index is 615. The lowest BCUT2D eigenvalue weighted by Gasteiger charge is -2.29. The molecule has 21 heavy (non-hydrogen) atoms. The number of hydrogen-bond acceptors (Lipinski definition) is 5. The first-order valence-corrected chi connectivity index (χ1v) is 7.72. The second kappa shape index (κ2) is 6.41. The van der Waals surface area contributed by atoms with Crippen LogP contribution < -0.4 is 10.6 Å². The van der Waals surface area contributed by atoms with Gasteiger partial charge in [-0.05, 0) is 21.5 Å². The van der Waals surface area contributed by atoms with Crippen LogP contribution in [0.1, 0.15) is 11.4 Å². The number of hydrogen-bond donors (Lipinski definition) is 1. The first kappa shape index (κ1) is 14.3. The van der Waals surface area contributed by atoms with Crippen molar-refractivity contribution in [2.45, 2.75) is 6.42 Å². The smallest absolute Gasteiger partial charge is 0.149 e. The van der Waals surface area contributed by atoms with Gasteiger partial charge in [0.1, 0.15) is 21.9 Å². The maximum Gasteiger partial charge on any atom is 0.149 e. The molecule has 0 unspecified atom stereocenters. The van der Waals surface area contributed by atoms with Crippen LogP contribution in [0, 0.1) is 0 Å². The minimum absolute atomic E-state index is 0.484. The van der Waals surface area contributed by atoms with Crippen LogP contribution in [0.25, 0.3) is 0 Å². The van der Waals surface area contributed by atoms with E-state index in [1.165, 1.54) is 5.56 Å². The molecule has 1 saturated heterocycles. The molecular weight excluding hydrogens is 332 g/mol. The summed E-state index contributed by atoms with van der Waals surface area (Å²) in [5, 5.41) is 0. The minimum atomic E-state index is 0.484. The summed E-state index contributed by atoms with van der Waals surface area (Å²) in [5.41, 5.74) is 7.20. The first-order valence-electron chi connectivity index (χ1n) is 6.92. The maximum atomic E-state index is 6.03. The number of morpholine rings is 1. The molecule has 0 atom stereocenters. The summed E-state index contributed by atoms with van der Waals surface area (Å²) in [5.74, 6) is 2.08. The van der Waals surface area contributed by atoms with E-state index in [1.807, 2.05) is 18.2 Å². The Kier molecular flexibility index (Phi) is 4.36. The molecule has 0 saturated carbocycles. The Morgan fingerprint density at radius 3 is 2.57 bits per heavy atom. The van der Waals surface area contributed by atoms with Crippen molar-refractivity contribution in [1.29, 1.82) is 0 Å². The molecule has 2 aromatic rings. The fraction of sp³-hybridized carbons (Fsp3) is 0.333. The SMILES string of the molecule is Nc1nc(Cc2ccccc2)nc(N2CCOCC2)c1Br. The van der Waals surface area contributed by atoms with Gasteiger partial charge in [-0.3, -0.25) is 0 Å². The summed E-state index contributed by atoms with van der Waals surface area (Å²) >= 11 is 3.50. The highest BCUT2D eigenvalue weighted by Crippen LogP contribution is 2.29. The van der Waals surface area contributed by atoms with Crippen molar-refractivity contribution in [1.82, 2.24) is 9.97 Å². The summed E-state index contributed by atoms with van der Waals surface area (Å²) in [4.78, 5) is 11.3. The van der Waals surface area contributed by atoms with Crippen LogP contribution in [0.15, 0.2) is 34.8 Å². The third-order valence-electron chi connectivity index (χ3n) is 3.42. The number of nitrogens with two attached hydrogens (primary N) is 1. The average molecular weight is 349 g/mol. The van der Waals surface area contributed by atoms with Gasteiger partial charge in [-0.15, -0.1) is 0 Å². The third kappa shape index (κ3) is 3.33. The highest BCUT2D eigenvalue weighted by atomic mass is 79.9. The van der Waals surface area contributed by atoms with Gasteiger partial charge in [0.2, 0.25) is 0 Å². The molecule has 0 radical (unpaired) electrons. The zero-order valence-corrected chi connectivity index (χ0v) is 13.2. The predicted octanol–water partition coefficient (Wildman–Crippen LogP) is 2.25. The Balaban J connectivity index is 1.89. The number of rotatable bonds is 3. The highest BCUT2D eigenvalue weighted by molar-refractivity contribution is 9.10. The molecule has 2 N–H and O–H groups in total. The van der Waals surface area contributed by atoms with E-state index in [0.29, 0.717) is 25.5 Å². The van der Waals surface area contributed by atoms with Crippen LogP contribution in [-0.2, 0) is 11.2 Å². The predicted molar refractivity (Wildman–Crippen MR) is 86.4 cm³/mol. The van der Waals surface area contributed by atoms with Crippen LogP contribution in [0.3, 0.4) is 0 Å². The van der Waals surface area contributed by atoms with Gasteiger partial charge < -0.3 is 15.4 Å². The molecule has 0 aliphatic carbocycles. The third-order valence-corrected chi connectivity index (χ3v) is 4.18. The van der Waals surface area contributed by atoms with Crippen LogP contribution in [0.5, 0.6) is 0 Å². The summed E-state index contributed by atoms with van der Waals surface area (Å²) in [6.45, 7) is 3.06. The zero-order valence-electron chi connectivity index (χ0n) is 11.6. The van der Waals surface area contributed by atoms with Crippen molar-refractivity contribution in [3.05, 3.63) is 46.2 Å². The quantitative estimate of drug-likeness (QED) is 0.921. The second-order valence-electron chi connectivity index (χ2n) is 4.92. The molecule has 3 rings (SSSR count). The first-order chi connectivity index (χ1) is 10.2. The van der Waals surface area contributed by atoms with Gasteiger partial charge >= 0.3 is 0 Å². The van der Waals surface area contributed by atoms with Gasteiger partial charge in [-0.2, -0.15) is 0 Å². The molecule has 1 aromatic carbocycles. The molecule has 5 nitrogen and oxygen atoms in total. The number of ether oxygens (including phenoxy) is 1. The fourth-order valence-electron chi connectivity index (χ4n) is 2.34. The summed E-state index contributed by atoms with van der Waals surface area (Å²) < 4.78 is 6.15. The largest absolute Gasteiger partial charge is 0.383 e. The monoisotopic (exact) mass is 348 g/mol. The number of aromatic nitrogens is 2. The Morgan fingerprint density at radius 1 is 1.14 bits per heavy atom. The maximum absolute atomic E-state index is 6.03. The topological polar surface area (TPSA) is 64.3 Å². The van der Waals surface area contributed by atoms with E-state index in [1.54, 1.807) is 0 Å². The Morgan fingerprint density at radius 2 is 1.86 bits per heavy atom. The van der Waals surface area contributed by atoms with Crippen LogP contribution in [0.2, 0.25) is 0 Å². The van der Waals surface area contributed by atoms with E-state index in [0.717, 1.165) is 29.2 Å². The lowest BCUT2D eigenvalue weighted by molar-refractivity contribution is 0.122. The summed E-state index contributed by atoms with van der Waals surface area (Å²) in [6.07, 6.45) is 0.676. The molecule has 6 heteroatoms. The molecule has 1 aromatic heterocycles. The molecule has 1 aliphatic rings. The van der Waals surface area contributed by atoms with E-state index >= 15 is 0 Å². The molecule has 0 spiro atoms. The van der Waals surface area contributed by atoms with Crippen molar-refractivity contribution in [3.8, 4) is 0 Å². The number of halogens is 1. The van der Waals surface area contributed by atoms with E-state index in [9.17, 15) is 0 Å². The number of nitrogen functional groups attached to an aromatic ring is 1. The second-order valence-corrected chi connectivity index (χ2v) is 5.72. The molecule has 0 bridgehead atoms. The molecule has 1 aliphatic heterocycles. The van der Waals surface area contributed by atoms with E-state index in [4.69, 9.17) is 10.5 Å². The highest BCUT2D eigenvalue weighted by Gasteiger charge is 2.19. The Hall–Kier alpha value is -1.66.